The largest absolute Gasteiger partial charge is 0.439 e. The number of anilines is 1. The molecule has 0 unspecified atom stereocenters. The van der Waals surface area contributed by atoms with Crippen molar-refractivity contribution >= 4 is 11.8 Å². The fraction of sp³-hybridized carbons (Fsp3) is 0.231. The van der Waals surface area contributed by atoms with Crippen molar-refractivity contribution in [3.05, 3.63) is 36.5 Å². The van der Waals surface area contributed by atoms with E-state index in [1.54, 1.807) is 18.2 Å². The van der Waals surface area contributed by atoms with E-state index in [0.717, 1.165) is 11.5 Å². The van der Waals surface area contributed by atoms with Gasteiger partial charge in [0.05, 0.1) is 6.20 Å². The number of carbonyl (C=O) groups excluding carboxylic acids is 1. The van der Waals surface area contributed by atoms with Gasteiger partial charge < -0.3 is 5.32 Å². The standard InChI is InChI=1S/C13H8F6N4O/c14-12(15,16)11(13(17,18)19)21-9-8(7-4-2-1-3-5-7)6-20-23(9)10(24)22-11/h1-6,21H,(H,22,24). The van der Waals surface area contributed by atoms with Gasteiger partial charge in [-0.3, -0.25) is 5.32 Å². The van der Waals surface area contributed by atoms with Gasteiger partial charge >= 0.3 is 24.0 Å². The van der Waals surface area contributed by atoms with Gasteiger partial charge in [0.15, 0.2) is 0 Å². The molecule has 24 heavy (non-hydrogen) atoms. The lowest BCUT2D eigenvalue weighted by atomic mass is 10.1. The van der Waals surface area contributed by atoms with E-state index >= 15 is 0 Å². The van der Waals surface area contributed by atoms with Crippen LogP contribution in [0.2, 0.25) is 0 Å². The predicted octanol–water partition coefficient (Wildman–Crippen LogP) is 3.35. The number of carbonyl (C=O) groups is 1. The molecule has 0 saturated carbocycles. The average Bonchev–Trinajstić information content (AvgIpc) is 2.90. The molecule has 1 aliphatic heterocycles. The van der Waals surface area contributed by atoms with Crippen molar-refractivity contribution in [1.82, 2.24) is 15.1 Å². The maximum absolute atomic E-state index is 13.2. The van der Waals surface area contributed by atoms with Crippen LogP contribution in [0, 0.1) is 0 Å². The number of rotatable bonds is 1. The van der Waals surface area contributed by atoms with E-state index in [2.05, 4.69) is 5.10 Å². The summed E-state index contributed by atoms with van der Waals surface area (Å²) in [7, 11) is 0. The lowest BCUT2D eigenvalue weighted by molar-refractivity contribution is -0.294. The Balaban J connectivity index is 2.19. The fourth-order valence-corrected chi connectivity index (χ4v) is 2.32. The molecule has 0 aliphatic carbocycles. The smallest absolute Gasteiger partial charge is 0.332 e. The fourth-order valence-electron chi connectivity index (χ4n) is 2.32. The molecule has 2 heterocycles. The Bertz CT molecular complexity index is 766. The minimum atomic E-state index is -5.83. The van der Waals surface area contributed by atoms with E-state index in [4.69, 9.17) is 0 Å². The highest BCUT2D eigenvalue weighted by atomic mass is 19.4. The van der Waals surface area contributed by atoms with Crippen molar-refractivity contribution in [3.8, 4) is 11.1 Å². The summed E-state index contributed by atoms with van der Waals surface area (Å²) in [5, 5.41) is 5.87. The molecule has 0 bridgehead atoms. The number of aromatic nitrogens is 2. The van der Waals surface area contributed by atoms with Crippen LogP contribution >= 0.6 is 0 Å². The molecule has 1 amide bonds. The molecular weight excluding hydrogens is 342 g/mol. The van der Waals surface area contributed by atoms with Crippen LogP contribution in [0.4, 0.5) is 37.0 Å². The monoisotopic (exact) mass is 350 g/mol. The zero-order chi connectivity index (χ0) is 17.8. The maximum atomic E-state index is 13.2. The molecule has 1 aromatic heterocycles. The number of amides is 1. The van der Waals surface area contributed by atoms with Gasteiger partial charge in [-0.25, -0.2) is 4.79 Å². The predicted molar refractivity (Wildman–Crippen MR) is 70.1 cm³/mol. The lowest BCUT2D eigenvalue weighted by Crippen LogP contribution is -2.74. The van der Waals surface area contributed by atoms with E-state index in [1.807, 2.05) is 0 Å². The summed E-state index contributed by atoms with van der Waals surface area (Å²) in [5.41, 5.74) is -4.36. The van der Waals surface area contributed by atoms with Crippen molar-refractivity contribution in [2.24, 2.45) is 0 Å². The summed E-state index contributed by atoms with van der Waals surface area (Å²) in [6, 6.07) is 6.01. The Morgan fingerprint density at radius 1 is 0.958 bits per heavy atom. The Labute approximate surface area is 130 Å². The first kappa shape index (κ1) is 16.1. The van der Waals surface area contributed by atoms with Gasteiger partial charge in [0.2, 0.25) is 0 Å². The summed E-state index contributed by atoms with van der Waals surface area (Å²) in [6.07, 6.45) is -10.6. The zero-order valence-corrected chi connectivity index (χ0v) is 11.5. The summed E-state index contributed by atoms with van der Waals surface area (Å²) in [4.78, 5) is 11.8. The molecule has 2 aromatic rings. The molecule has 0 fully saturated rings. The normalized spacial score (nSPS) is 17.0. The topological polar surface area (TPSA) is 59.0 Å². The van der Waals surface area contributed by atoms with Crippen molar-refractivity contribution in [2.45, 2.75) is 18.0 Å². The molecule has 0 saturated heterocycles. The molecule has 2 N–H and O–H groups in total. The Kier molecular flexibility index (Phi) is 3.29. The third-order valence-electron chi connectivity index (χ3n) is 3.50. The molecule has 0 spiro atoms. The summed E-state index contributed by atoms with van der Waals surface area (Å²) in [6.45, 7) is 0. The van der Waals surface area contributed by atoms with Crippen molar-refractivity contribution in [1.29, 1.82) is 0 Å². The number of benzene rings is 1. The first-order valence-electron chi connectivity index (χ1n) is 6.44. The van der Waals surface area contributed by atoms with Crippen molar-refractivity contribution in [2.75, 3.05) is 5.32 Å². The van der Waals surface area contributed by atoms with Gasteiger partial charge in [-0.1, -0.05) is 30.3 Å². The van der Waals surface area contributed by atoms with Crippen molar-refractivity contribution < 1.29 is 31.1 Å². The minimum Gasteiger partial charge on any atom is -0.332 e. The number of halogens is 6. The Hall–Kier alpha value is -2.72. The van der Waals surface area contributed by atoms with Crippen molar-refractivity contribution in [3.63, 3.8) is 0 Å². The molecule has 0 radical (unpaired) electrons. The summed E-state index contributed by atoms with van der Waals surface area (Å²) < 4.78 is 79.5. The maximum Gasteiger partial charge on any atom is 0.439 e. The third kappa shape index (κ3) is 2.19. The first-order chi connectivity index (χ1) is 11.1. The Morgan fingerprint density at radius 3 is 2.08 bits per heavy atom. The van der Waals surface area contributed by atoms with E-state index in [1.165, 1.54) is 17.4 Å². The average molecular weight is 350 g/mol. The molecular formula is C13H8F6N4O. The molecule has 1 aromatic carbocycles. The number of hydrogen-bond donors (Lipinski definition) is 2. The summed E-state index contributed by atoms with van der Waals surface area (Å²) in [5.74, 6) is -0.695. The molecule has 0 atom stereocenters. The molecule has 128 valence electrons. The molecule has 5 nitrogen and oxygen atoms in total. The highest BCUT2D eigenvalue weighted by Crippen LogP contribution is 2.46. The van der Waals surface area contributed by atoms with E-state index in [-0.39, 0.29) is 5.56 Å². The van der Waals surface area contributed by atoms with Gasteiger partial charge in [-0.05, 0) is 5.56 Å². The van der Waals surface area contributed by atoms with Crippen LogP contribution in [0.25, 0.3) is 11.1 Å². The van der Waals surface area contributed by atoms with E-state index in [9.17, 15) is 31.1 Å². The minimum absolute atomic E-state index is 0.0664. The first-order valence-corrected chi connectivity index (χ1v) is 6.44. The highest BCUT2D eigenvalue weighted by molar-refractivity contribution is 5.89. The highest BCUT2D eigenvalue weighted by Gasteiger charge is 2.74. The lowest BCUT2D eigenvalue weighted by Gasteiger charge is -2.41. The number of hydrogen-bond acceptors (Lipinski definition) is 3. The molecule has 3 rings (SSSR count). The van der Waals surface area contributed by atoms with Crippen LogP contribution < -0.4 is 10.6 Å². The second-order valence-electron chi connectivity index (χ2n) is 4.99. The SMILES string of the molecule is O=C1NC(C(F)(F)F)(C(F)(F)F)Nc2c(-c3ccccc3)cnn21. The quantitative estimate of drug-likeness (QED) is 0.776. The molecule has 1 aliphatic rings. The van der Waals surface area contributed by atoms with Gasteiger partial charge in [0, 0.05) is 5.56 Å². The third-order valence-corrected chi connectivity index (χ3v) is 3.50. The number of alkyl halides is 6. The van der Waals surface area contributed by atoms with Crippen LogP contribution in [-0.2, 0) is 0 Å². The number of nitrogens with zero attached hydrogens (tertiary/aromatic N) is 2. The van der Waals surface area contributed by atoms with Gasteiger partial charge in [-0.15, -0.1) is 0 Å². The van der Waals surface area contributed by atoms with Crippen LogP contribution in [0.3, 0.4) is 0 Å². The summed E-state index contributed by atoms with van der Waals surface area (Å²) >= 11 is 0. The zero-order valence-electron chi connectivity index (χ0n) is 11.5. The van der Waals surface area contributed by atoms with Crippen LogP contribution in [0.1, 0.15) is 0 Å². The van der Waals surface area contributed by atoms with Crippen LogP contribution in [-0.4, -0.2) is 33.8 Å². The molecule has 11 heteroatoms. The van der Waals surface area contributed by atoms with E-state index in [0.29, 0.717) is 10.2 Å². The van der Waals surface area contributed by atoms with Gasteiger partial charge in [0.1, 0.15) is 5.82 Å². The van der Waals surface area contributed by atoms with Crippen LogP contribution in [0.5, 0.6) is 0 Å². The second-order valence-corrected chi connectivity index (χ2v) is 4.99. The number of nitrogens with one attached hydrogen (secondary N) is 2. The van der Waals surface area contributed by atoms with Gasteiger partial charge in [-0.2, -0.15) is 36.1 Å². The number of fused-ring (bicyclic) bond motifs is 1. The van der Waals surface area contributed by atoms with Crippen LogP contribution in [0.15, 0.2) is 36.5 Å². The van der Waals surface area contributed by atoms with E-state index < -0.39 is 29.9 Å². The Morgan fingerprint density at radius 2 is 1.54 bits per heavy atom. The second kappa shape index (κ2) is 4.89. The van der Waals surface area contributed by atoms with Gasteiger partial charge in [0.25, 0.3) is 0 Å².